The lowest BCUT2D eigenvalue weighted by Gasteiger charge is -2.36. The van der Waals surface area contributed by atoms with Crippen LogP contribution in [0.15, 0.2) is 24.3 Å². The molecular formula is C17H20FN3O4S. The van der Waals surface area contributed by atoms with E-state index in [-0.39, 0.29) is 29.1 Å². The number of esters is 1. The minimum atomic E-state index is -0.865. The number of amides is 2. The summed E-state index contributed by atoms with van der Waals surface area (Å²) in [5, 5.41) is 5.20. The van der Waals surface area contributed by atoms with Gasteiger partial charge in [0.05, 0.1) is 12.5 Å². The molecule has 140 valence electrons. The van der Waals surface area contributed by atoms with Crippen molar-refractivity contribution in [3.8, 4) is 0 Å². The molecule has 26 heavy (non-hydrogen) atoms. The van der Waals surface area contributed by atoms with Gasteiger partial charge in [0.15, 0.2) is 5.11 Å². The van der Waals surface area contributed by atoms with E-state index >= 15 is 0 Å². The molecule has 0 bridgehead atoms. The summed E-state index contributed by atoms with van der Waals surface area (Å²) in [6, 6.07) is 4.12. The van der Waals surface area contributed by atoms with E-state index in [1.54, 1.807) is 13.8 Å². The number of benzene rings is 1. The molecule has 7 nitrogen and oxygen atoms in total. The van der Waals surface area contributed by atoms with Gasteiger partial charge in [-0.1, -0.05) is 0 Å². The van der Waals surface area contributed by atoms with Crippen molar-refractivity contribution >= 4 is 35.1 Å². The second kappa shape index (κ2) is 8.70. The number of hydrogen-bond donors (Lipinski definition) is 2. The van der Waals surface area contributed by atoms with Crippen LogP contribution in [-0.4, -0.2) is 53.0 Å². The predicted octanol–water partition coefficient (Wildman–Crippen LogP) is 0.983. The highest BCUT2D eigenvalue weighted by molar-refractivity contribution is 7.80. The third-order valence-corrected chi connectivity index (χ3v) is 3.98. The zero-order valence-corrected chi connectivity index (χ0v) is 15.3. The average molecular weight is 381 g/mol. The van der Waals surface area contributed by atoms with Crippen molar-refractivity contribution in [2.24, 2.45) is 0 Å². The minimum Gasteiger partial charge on any atom is -0.463 e. The van der Waals surface area contributed by atoms with Crippen LogP contribution in [-0.2, 0) is 14.3 Å². The Kier molecular flexibility index (Phi) is 6.62. The smallest absolute Gasteiger partial charge is 0.308 e. The van der Waals surface area contributed by atoms with Crippen molar-refractivity contribution in [1.82, 2.24) is 15.5 Å². The highest BCUT2D eigenvalue weighted by atomic mass is 32.1. The summed E-state index contributed by atoms with van der Waals surface area (Å²) in [7, 11) is 0. The van der Waals surface area contributed by atoms with Gasteiger partial charge in [-0.3, -0.25) is 19.7 Å². The molecule has 2 rings (SSSR count). The predicted molar refractivity (Wildman–Crippen MR) is 95.8 cm³/mol. The summed E-state index contributed by atoms with van der Waals surface area (Å²) in [6.45, 7) is 4.10. The summed E-state index contributed by atoms with van der Waals surface area (Å²) in [5.41, 5.74) is 0.228. The number of nitrogens with zero attached hydrogens (tertiary/aromatic N) is 1. The Labute approximate surface area is 155 Å². The van der Waals surface area contributed by atoms with Gasteiger partial charge in [0, 0.05) is 18.7 Å². The van der Waals surface area contributed by atoms with Gasteiger partial charge in [-0.2, -0.15) is 0 Å². The molecule has 0 aliphatic carbocycles. The second-order valence-corrected chi connectivity index (χ2v) is 6.40. The zero-order valence-electron chi connectivity index (χ0n) is 14.5. The van der Waals surface area contributed by atoms with Crippen molar-refractivity contribution < 1.29 is 23.5 Å². The van der Waals surface area contributed by atoms with Gasteiger partial charge in [0.2, 0.25) is 5.91 Å². The molecule has 1 aromatic carbocycles. The molecule has 1 saturated heterocycles. The van der Waals surface area contributed by atoms with Gasteiger partial charge in [-0.05, 0) is 50.3 Å². The number of ether oxygens (including phenoxy) is 1. The third kappa shape index (κ3) is 5.22. The fourth-order valence-electron chi connectivity index (χ4n) is 2.47. The van der Waals surface area contributed by atoms with Crippen LogP contribution in [0.4, 0.5) is 4.39 Å². The van der Waals surface area contributed by atoms with E-state index in [1.165, 1.54) is 17.0 Å². The van der Waals surface area contributed by atoms with Crippen molar-refractivity contribution in [1.29, 1.82) is 0 Å². The van der Waals surface area contributed by atoms with Crippen LogP contribution in [0.3, 0.4) is 0 Å². The Bertz CT molecular complexity index is 708. The Morgan fingerprint density at radius 1 is 1.38 bits per heavy atom. The highest BCUT2D eigenvalue weighted by Crippen LogP contribution is 2.12. The lowest BCUT2D eigenvalue weighted by Crippen LogP contribution is -2.60. The maximum atomic E-state index is 13.0. The molecule has 0 saturated carbocycles. The summed E-state index contributed by atoms with van der Waals surface area (Å²) in [5.74, 6) is -1.87. The number of thiocarbonyl (C=S) groups is 1. The minimum absolute atomic E-state index is 0.0246. The topological polar surface area (TPSA) is 87.7 Å². The molecule has 0 radical (unpaired) electrons. The lowest BCUT2D eigenvalue weighted by molar-refractivity contribution is -0.150. The molecule has 1 aromatic rings. The first-order chi connectivity index (χ1) is 12.3. The number of halogens is 1. The summed E-state index contributed by atoms with van der Waals surface area (Å²) in [4.78, 5) is 37.8. The van der Waals surface area contributed by atoms with Crippen LogP contribution >= 0.6 is 12.2 Å². The van der Waals surface area contributed by atoms with Gasteiger partial charge in [-0.15, -0.1) is 0 Å². The fraction of sp³-hybridized carbons (Fsp3) is 0.412. The molecule has 1 heterocycles. The number of piperazine rings is 1. The molecule has 1 fully saturated rings. The highest BCUT2D eigenvalue weighted by Gasteiger charge is 2.34. The maximum absolute atomic E-state index is 13.0. The molecule has 0 aromatic heterocycles. The average Bonchev–Trinajstić information content (AvgIpc) is 2.56. The normalized spacial score (nSPS) is 16.8. The number of carbonyl (C=O) groups excluding carboxylic acids is 3. The molecule has 1 aliphatic heterocycles. The standard InChI is InChI=1S/C17H20FN3O4S/c1-10(2)25-14(22)9-13-16(24)19-7-8-21(13)17(26)20-15(23)11-3-5-12(18)6-4-11/h3-6,10,13H,7-9H2,1-2H3,(H,19,24)(H,20,23,26)/t13-/m1/s1. The van der Waals surface area contributed by atoms with Gasteiger partial charge in [0.25, 0.3) is 5.91 Å². The second-order valence-electron chi connectivity index (χ2n) is 6.01. The van der Waals surface area contributed by atoms with Crippen molar-refractivity contribution in [3.05, 3.63) is 35.6 Å². The zero-order chi connectivity index (χ0) is 19.3. The first-order valence-electron chi connectivity index (χ1n) is 8.12. The van der Waals surface area contributed by atoms with Gasteiger partial charge in [-0.25, -0.2) is 4.39 Å². The van der Waals surface area contributed by atoms with E-state index in [9.17, 15) is 18.8 Å². The molecule has 0 spiro atoms. The first kappa shape index (κ1) is 19.8. The van der Waals surface area contributed by atoms with E-state index in [0.29, 0.717) is 13.1 Å². The van der Waals surface area contributed by atoms with Gasteiger partial charge < -0.3 is 15.0 Å². The van der Waals surface area contributed by atoms with Crippen LogP contribution in [0, 0.1) is 5.82 Å². The Hall–Kier alpha value is -2.55. The molecule has 2 amide bonds. The number of hydrogen-bond acceptors (Lipinski definition) is 5. The molecule has 9 heteroatoms. The van der Waals surface area contributed by atoms with Crippen molar-refractivity contribution in [2.75, 3.05) is 13.1 Å². The van der Waals surface area contributed by atoms with Crippen LogP contribution < -0.4 is 10.6 Å². The third-order valence-electron chi connectivity index (χ3n) is 3.65. The number of carbonyl (C=O) groups is 3. The van der Waals surface area contributed by atoms with Crippen molar-refractivity contribution in [2.45, 2.75) is 32.4 Å². The summed E-state index contributed by atoms with van der Waals surface area (Å²) in [6.07, 6.45) is -0.482. The quantitative estimate of drug-likeness (QED) is 0.597. The maximum Gasteiger partial charge on any atom is 0.308 e. The van der Waals surface area contributed by atoms with E-state index in [0.717, 1.165) is 12.1 Å². The van der Waals surface area contributed by atoms with Crippen LogP contribution in [0.5, 0.6) is 0 Å². The van der Waals surface area contributed by atoms with E-state index in [1.807, 2.05) is 0 Å². The Morgan fingerprint density at radius 3 is 2.65 bits per heavy atom. The monoisotopic (exact) mass is 381 g/mol. The molecule has 2 N–H and O–H groups in total. The molecule has 0 unspecified atom stereocenters. The molecule has 1 atom stereocenters. The number of nitrogens with one attached hydrogen (secondary N) is 2. The Morgan fingerprint density at radius 2 is 2.04 bits per heavy atom. The van der Waals surface area contributed by atoms with Crippen LogP contribution in [0.2, 0.25) is 0 Å². The van der Waals surface area contributed by atoms with Gasteiger partial charge >= 0.3 is 5.97 Å². The summed E-state index contributed by atoms with van der Waals surface area (Å²) >= 11 is 5.23. The van der Waals surface area contributed by atoms with Crippen LogP contribution in [0.25, 0.3) is 0 Å². The summed E-state index contributed by atoms with van der Waals surface area (Å²) < 4.78 is 18.0. The van der Waals surface area contributed by atoms with E-state index in [2.05, 4.69) is 10.6 Å². The van der Waals surface area contributed by atoms with E-state index in [4.69, 9.17) is 17.0 Å². The van der Waals surface area contributed by atoms with Gasteiger partial charge in [0.1, 0.15) is 11.9 Å². The lowest BCUT2D eigenvalue weighted by atomic mass is 10.1. The largest absolute Gasteiger partial charge is 0.463 e. The Balaban J connectivity index is 2.06. The molecular weight excluding hydrogens is 361 g/mol. The molecule has 1 aliphatic rings. The van der Waals surface area contributed by atoms with Crippen LogP contribution in [0.1, 0.15) is 30.6 Å². The SMILES string of the molecule is CC(C)OC(=O)C[C@@H]1C(=O)NCCN1C(=S)NC(=O)c1ccc(F)cc1. The van der Waals surface area contributed by atoms with E-state index < -0.39 is 23.7 Å². The first-order valence-corrected chi connectivity index (χ1v) is 8.53. The fourth-order valence-corrected chi connectivity index (χ4v) is 2.78. The van der Waals surface area contributed by atoms with Crippen molar-refractivity contribution in [3.63, 3.8) is 0 Å². The number of rotatable bonds is 4.